The third-order valence-corrected chi connectivity index (χ3v) is 2.04. The highest BCUT2D eigenvalue weighted by atomic mass is 16.4. The minimum atomic E-state index is -1.02. The van der Waals surface area contributed by atoms with Gasteiger partial charge >= 0.3 is 5.97 Å². The van der Waals surface area contributed by atoms with Gasteiger partial charge in [0.1, 0.15) is 0 Å². The number of carboxylic acids is 1. The van der Waals surface area contributed by atoms with E-state index in [0.717, 1.165) is 0 Å². The van der Waals surface area contributed by atoms with Crippen LogP contribution in [0.2, 0.25) is 0 Å². The zero-order valence-electron chi connectivity index (χ0n) is 7.75. The van der Waals surface area contributed by atoms with Gasteiger partial charge in [-0.1, -0.05) is 6.07 Å². The number of hydrogen-bond acceptors (Lipinski definition) is 3. The molecule has 0 unspecified atom stereocenters. The van der Waals surface area contributed by atoms with Crippen LogP contribution in [-0.4, -0.2) is 23.2 Å². The van der Waals surface area contributed by atoms with E-state index in [-0.39, 0.29) is 17.9 Å². The van der Waals surface area contributed by atoms with E-state index < -0.39 is 5.97 Å². The third kappa shape index (κ3) is 1.71. The van der Waals surface area contributed by atoms with E-state index in [1.54, 1.807) is 12.1 Å². The van der Waals surface area contributed by atoms with Crippen molar-refractivity contribution in [1.82, 2.24) is 0 Å². The number of benzene rings is 1. The van der Waals surface area contributed by atoms with Crippen LogP contribution in [0.25, 0.3) is 0 Å². The molecular formula is C10H8N2O3. The van der Waals surface area contributed by atoms with Gasteiger partial charge in [0.05, 0.1) is 17.7 Å². The number of hydrogen-bond donors (Lipinski definition) is 1. The summed E-state index contributed by atoms with van der Waals surface area (Å²) in [5.41, 5.74) is 0.621. The molecule has 0 saturated carbocycles. The summed E-state index contributed by atoms with van der Waals surface area (Å²) in [6.45, 7) is 0. The first kappa shape index (κ1) is 9.39. The molecule has 15 heavy (non-hydrogen) atoms. The van der Waals surface area contributed by atoms with Gasteiger partial charge in [-0.2, -0.15) is 5.10 Å². The van der Waals surface area contributed by atoms with Gasteiger partial charge in [0.25, 0.3) is 5.91 Å². The summed E-state index contributed by atoms with van der Waals surface area (Å²) in [6.07, 6.45) is 1.76. The number of carbonyl (C=O) groups excluding carboxylic acids is 1. The van der Waals surface area contributed by atoms with Crippen molar-refractivity contribution >= 4 is 23.8 Å². The molecule has 0 atom stereocenters. The lowest BCUT2D eigenvalue weighted by atomic mass is 10.2. The Morgan fingerprint density at radius 1 is 1.47 bits per heavy atom. The average molecular weight is 204 g/mol. The van der Waals surface area contributed by atoms with Gasteiger partial charge in [0.15, 0.2) is 0 Å². The second kappa shape index (κ2) is 3.53. The molecule has 0 aromatic heterocycles. The Kier molecular flexibility index (Phi) is 2.21. The fourth-order valence-electron chi connectivity index (χ4n) is 1.33. The maximum absolute atomic E-state index is 11.3. The van der Waals surface area contributed by atoms with Crippen molar-refractivity contribution in [2.24, 2.45) is 5.10 Å². The van der Waals surface area contributed by atoms with Gasteiger partial charge in [0.2, 0.25) is 0 Å². The monoisotopic (exact) mass is 204 g/mol. The van der Waals surface area contributed by atoms with Crippen molar-refractivity contribution in [2.45, 2.75) is 6.42 Å². The Morgan fingerprint density at radius 3 is 2.87 bits per heavy atom. The number of rotatable bonds is 2. The van der Waals surface area contributed by atoms with Gasteiger partial charge in [-0.15, -0.1) is 0 Å². The quantitative estimate of drug-likeness (QED) is 0.784. The highest BCUT2D eigenvalue weighted by Crippen LogP contribution is 2.19. The Labute approximate surface area is 85.6 Å². The van der Waals surface area contributed by atoms with E-state index in [2.05, 4.69) is 5.10 Å². The van der Waals surface area contributed by atoms with Crippen molar-refractivity contribution in [1.29, 1.82) is 0 Å². The van der Waals surface area contributed by atoms with Crippen LogP contribution in [0.5, 0.6) is 0 Å². The van der Waals surface area contributed by atoms with Crippen LogP contribution in [-0.2, 0) is 4.79 Å². The van der Waals surface area contributed by atoms with Gasteiger partial charge < -0.3 is 5.11 Å². The predicted molar refractivity (Wildman–Crippen MR) is 54.0 cm³/mol. The maximum atomic E-state index is 11.3. The summed E-state index contributed by atoms with van der Waals surface area (Å²) < 4.78 is 0. The lowest BCUT2D eigenvalue weighted by molar-refractivity contribution is -0.116. The number of carbonyl (C=O) groups is 2. The van der Waals surface area contributed by atoms with Crippen LogP contribution in [0.4, 0.5) is 5.69 Å². The van der Waals surface area contributed by atoms with Crippen LogP contribution in [0.1, 0.15) is 16.8 Å². The third-order valence-electron chi connectivity index (χ3n) is 2.04. The first-order chi connectivity index (χ1) is 7.18. The fourth-order valence-corrected chi connectivity index (χ4v) is 1.33. The Hall–Kier alpha value is -2.17. The molecule has 2 rings (SSSR count). The minimum absolute atomic E-state index is 0.141. The van der Waals surface area contributed by atoms with E-state index in [4.69, 9.17) is 5.11 Å². The van der Waals surface area contributed by atoms with E-state index >= 15 is 0 Å². The molecule has 0 radical (unpaired) electrons. The molecule has 1 amide bonds. The standard InChI is InChI=1S/C10H8N2O3/c13-9-4-5-11-12(9)8-3-1-2-7(6-8)10(14)15/h1-3,5-6H,4H2,(H,14,15). The molecule has 0 fully saturated rings. The molecule has 1 N–H and O–H groups in total. The Bertz CT molecular complexity index is 454. The lowest BCUT2D eigenvalue weighted by Crippen LogP contribution is -2.19. The fraction of sp³-hybridized carbons (Fsp3) is 0.100. The summed E-state index contributed by atoms with van der Waals surface area (Å²) in [6, 6.07) is 6.12. The van der Waals surface area contributed by atoms with Crippen molar-refractivity contribution < 1.29 is 14.7 Å². The zero-order chi connectivity index (χ0) is 10.8. The van der Waals surface area contributed by atoms with Gasteiger partial charge in [0, 0.05) is 6.21 Å². The van der Waals surface area contributed by atoms with Crippen molar-refractivity contribution in [3.05, 3.63) is 29.8 Å². The summed E-state index contributed by atoms with van der Waals surface area (Å²) in [5.74, 6) is -1.18. The molecule has 0 bridgehead atoms. The van der Waals surface area contributed by atoms with Gasteiger partial charge in [-0.3, -0.25) is 4.79 Å². The molecule has 76 valence electrons. The Morgan fingerprint density at radius 2 is 2.27 bits per heavy atom. The van der Waals surface area contributed by atoms with Gasteiger partial charge in [-0.05, 0) is 18.2 Å². The second-order valence-corrected chi connectivity index (χ2v) is 3.06. The van der Waals surface area contributed by atoms with Crippen molar-refractivity contribution in [3.63, 3.8) is 0 Å². The average Bonchev–Trinajstić information content (AvgIpc) is 2.64. The highest BCUT2D eigenvalue weighted by molar-refractivity contribution is 6.05. The normalized spacial score (nSPS) is 14.7. The molecule has 1 aliphatic heterocycles. The first-order valence-electron chi connectivity index (χ1n) is 4.37. The van der Waals surface area contributed by atoms with Crippen LogP contribution >= 0.6 is 0 Å². The predicted octanol–water partition coefficient (Wildman–Crippen LogP) is 1.11. The summed E-state index contributed by atoms with van der Waals surface area (Å²) in [4.78, 5) is 22.0. The van der Waals surface area contributed by atoms with Crippen molar-refractivity contribution in [2.75, 3.05) is 5.01 Å². The van der Waals surface area contributed by atoms with E-state index in [1.165, 1.54) is 23.4 Å². The van der Waals surface area contributed by atoms with E-state index in [9.17, 15) is 9.59 Å². The molecule has 0 aliphatic carbocycles. The largest absolute Gasteiger partial charge is 0.478 e. The van der Waals surface area contributed by atoms with Crippen molar-refractivity contribution in [3.8, 4) is 0 Å². The Balaban J connectivity index is 2.36. The molecule has 0 saturated heterocycles. The topological polar surface area (TPSA) is 70.0 Å². The molecule has 5 nitrogen and oxygen atoms in total. The maximum Gasteiger partial charge on any atom is 0.335 e. The first-order valence-corrected chi connectivity index (χ1v) is 4.37. The van der Waals surface area contributed by atoms with Crippen LogP contribution in [0, 0.1) is 0 Å². The van der Waals surface area contributed by atoms with Crippen LogP contribution < -0.4 is 5.01 Å². The minimum Gasteiger partial charge on any atom is -0.478 e. The van der Waals surface area contributed by atoms with Gasteiger partial charge in [-0.25, -0.2) is 9.80 Å². The molecule has 5 heteroatoms. The highest BCUT2D eigenvalue weighted by Gasteiger charge is 2.19. The molecule has 1 aromatic rings. The van der Waals surface area contributed by atoms with Crippen LogP contribution in [0.15, 0.2) is 29.4 Å². The molecule has 0 spiro atoms. The number of aromatic carboxylic acids is 1. The number of amides is 1. The number of anilines is 1. The molecule has 1 aliphatic rings. The SMILES string of the molecule is O=C(O)c1cccc(N2N=CCC2=O)c1. The van der Waals surface area contributed by atoms with E-state index in [1.807, 2.05) is 0 Å². The summed E-state index contributed by atoms with van der Waals surface area (Å²) >= 11 is 0. The zero-order valence-corrected chi connectivity index (χ0v) is 7.75. The second-order valence-electron chi connectivity index (χ2n) is 3.06. The number of hydrazone groups is 1. The smallest absolute Gasteiger partial charge is 0.335 e. The molecule has 1 heterocycles. The number of nitrogens with zero attached hydrogens (tertiary/aromatic N) is 2. The molecule has 1 aromatic carbocycles. The van der Waals surface area contributed by atoms with E-state index in [0.29, 0.717) is 5.69 Å². The summed E-state index contributed by atoms with van der Waals surface area (Å²) in [5, 5.41) is 13.8. The van der Waals surface area contributed by atoms with Crippen LogP contribution in [0.3, 0.4) is 0 Å². The summed E-state index contributed by atoms with van der Waals surface area (Å²) in [7, 11) is 0. The molecular weight excluding hydrogens is 196 g/mol. The lowest BCUT2D eigenvalue weighted by Gasteiger charge is -2.11. The number of carboxylic acid groups (broad SMARTS) is 1.